The van der Waals surface area contributed by atoms with Gasteiger partial charge in [0.25, 0.3) is 5.91 Å². The fraction of sp³-hybridized carbons (Fsp3) is 0.500. The van der Waals surface area contributed by atoms with Gasteiger partial charge in [-0.2, -0.15) is 0 Å². The van der Waals surface area contributed by atoms with Crippen LogP contribution in [0.25, 0.3) is 0 Å². The first-order valence-electron chi connectivity index (χ1n) is 6.17. The van der Waals surface area contributed by atoms with Crippen molar-refractivity contribution in [2.75, 3.05) is 13.1 Å². The lowest BCUT2D eigenvalue weighted by atomic mass is 9.98. The van der Waals surface area contributed by atoms with E-state index in [2.05, 4.69) is 6.92 Å². The second kappa shape index (κ2) is 4.78. The molecule has 1 aliphatic rings. The standard InChI is InChI=1S/C14H19NO2/c1-10-4-3-7-15(9-10)14(17)13-6-5-12(16)8-11(13)2/h5-6,8,10,16H,3-4,7,9H2,1-2H3. The summed E-state index contributed by atoms with van der Waals surface area (Å²) >= 11 is 0. The zero-order valence-electron chi connectivity index (χ0n) is 10.4. The number of aromatic hydroxyl groups is 1. The van der Waals surface area contributed by atoms with E-state index in [1.54, 1.807) is 18.2 Å². The summed E-state index contributed by atoms with van der Waals surface area (Å²) < 4.78 is 0. The average Bonchev–Trinajstić information content (AvgIpc) is 2.28. The first-order valence-corrected chi connectivity index (χ1v) is 6.17. The monoisotopic (exact) mass is 233 g/mol. The summed E-state index contributed by atoms with van der Waals surface area (Å²) in [4.78, 5) is 14.2. The van der Waals surface area contributed by atoms with E-state index in [1.807, 2.05) is 11.8 Å². The molecule has 1 N–H and O–H groups in total. The number of benzene rings is 1. The number of amides is 1. The zero-order valence-corrected chi connectivity index (χ0v) is 10.4. The molecule has 0 aliphatic carbocycles. The first kappa shape index (κ1) is 12.0. The van der Waals surface area contributed by atoms with Gasteiger partial charge in [0.1, 0.15) is 5.75 Å². The fourth-order valence-electron chi connectivity index (χ4n) is 2.43. The molecule has 0 spiro atoms. The molecule has 1 aliphatic heterocycles. The Morgan fingerprint density at radius 2 is 2.24 bits per heavy atom. The Kier molecular flexibility index (Phi) is 3.36. The van der Waals surface area contributed by atoms with Crippen molar-refractivity contribution in [2.24, 2.45) is 5.92 Å². The Bertz CT molecular complexity index is 428. The van der Waals surface area contributed by atoms with Crippen molar-refractivity contribution < 1.29 is 9.90 Å². The van der Waals surface area contributed by atoms with Crippen LogP contribution in [0.5, 0.6) is 5.75 Å². The molecule has 1 atom stereocenters. The second-order valence-corrected chi connectivity index (χ2v) is 5.00. The number of likely N-dealkylation sites (tertiary alicyclic amines) is 1. The topological polar surface area (TPSA) is 40.5 Å². The number of phenolic OH excluding ortho intramolecular Hbond substituents is 1. The SMILES string of the molecule is Cc1cc(O)ccc1C(=O)N1CCCC(C)C1. The van der Waals surface area contributed by atoms with Crippen LogP contribution in [0.1, 0.15) is 35.7 Å². The van der Waals surface area contributed by atoms with Gasteiger partial charge in [-0.25, -0.2) is 0 Å². The van der Waals surface area contributed by atoms with Crippen molar-refractivity contribution in [1.29, 1.82) is 0 Å². The maximum atomic E-state index is 12.3. The molecule has 1 aromatic carbocycles. The van der Waals surface area contributed by atoms with Gasteiger partial charge in [0.2, 0.25) is 0 Å². The van der Waals surface area contributed by atoms with E-state index >= 15 is 0 Å². The molecule has 3 nitrogen and oxygen atoms in total. The van der Waals surface area contributed by atoms with Crippen LogP contribution in [-0.4, -0.2) is 29.0 Å². The number of phenols is 1. The van der Waals surface area contributed by atoms with Crippen LogP contribution in [0.4, 0.5) is 0 Å². The normalized spacial score (nSPS) is 20.4. The minimum absolute atomic E-state index is 0.0917. The number of piperidine rings is 1. The molecular formula is C14H19NO2. The summed E-state index contributed by atoms with van der Waals surface area (Å²) in [7, 11) is 0. The fourth-order valence-corrected chi connectivity index (χ4v) is 2.43. The van der Waals surface area contributed by atoms with Gasteiger partial charge < -0.3 is 10.0 Å². The van der Waals surface area contributed by atoms with Gasteiger partial charge in [-0.3, -0.25) is 4.79 Å². The molecule has 1 aromatic rings. The van der Waals surface area contributed by atoms with Gasteiger partial charge in [0, 0.05) is 18.7 Å². The highest BCUT2D eigenvalue weighted by Crippen LogP contribution is 2.21. The van der Waals surface area contributed by atoms with E-state index < -0.39 is 0 Å². The summed E-state index contributed by atoms with van der Waals surface area (Å²) in [6.07, 6.45) is 2.29. The van der Waals surface area contributed by atoms with Crippen LogP contribution in [0.15, 0.2) is 18.2 Å². The Morgan fingerprint density at radius 1 is 1.47 bits per heavy atom. The van der Waals surface area contributed by atoms with Gasteiger partial charge in [-0.15, -0.1) is 0 Å². The van der Waals surface area contributed by atoms with Crippen molar-refractivity contribution in [1.82, 2.24) is 4.90 Å². The summed E-state index contributed by atoms with van der Waals surface area (Å²) in [5.74, 6) is 0.894. The summed E-state index contributed by atoms with van der Waals surface area (Å²) in [5.41, 5.74) is 1.55. The number of nitrogens with zero attached hydrogens (tertiary/aromatic N) is 1. The molecule has 1 unspecified atom stereocenters. The predicted molar refractivity (Wildman–Crippen MR) is 67.1 cm³/mol. The van der Waals surface area contributed by atoms with Crippen molar-refractivity contribution in [3.05, 3.63) is 29.3 Å². The van der Waals surface area contributed by atoms with E-state index in [0.29, 0.717) is 11.5 Å². The molecule has 0 aromatic heterocycles. The lowest BCUT2D eigenvalue weighted by molar-refractivity contribution is 0.0682. The Labute approximate surface area is 102 Å². The van der Waals surface area contributed by atoms with Gasteiger partial charge in [-0.05, 0) is 49.4 Å². The summed E-state index contributed by atoms with van der Waals surface area (Å²) in [6, 6.07) is 4.93. The van der Waals surface area contributed by atoms with Crippen molar-refractivity contribution in [3.8, 4) is 5.75 Å². The minimum Gasteiger partial charge on any atom is -0.508 e. The van der Waals surface area contributed by atoms with Crippen molar-refractivity contribution in [3.63, 3.8) is 0 Å². The van der Waals surface area contributed by atoms with Gasteiger partial charge >= 0.3 is 0 Å². The molecule has 1 fully saturated rings. The van der Waals surface area contributed by atoms with E-state index in [9.17, 15) is 9.90 Å². The molecule has 2 rings (SSSR count). The largest absolute Gasteiger partial charge is 0.508 e. The molecule has 3 heteroatoms. The molecule has 17 heavy (non-hydrogen) atoms. The first-order chi connectivity index (χ1) is 8.08. The lowest BCUT2D eigenvalue weighted by Gasteiger charge is -2.31. The van der Waals surface area contributed by atoms with Crippen molar-refractivity contribution >= 4 is 5.91 Å². The smallest absolute Gasteiger partial charge is 0.254 e. The van der Waals surface area contributed by atoms with E-state index in [0.717, 1.165) is 25.1 Å². The maximum absolute atomic E-state index is 12.3. The number of carbonyl (C=O) groups excluding carboxylic acids is 1. The molecule has 0 radical (unpaired) electrons. The predicted octanol–water partition coefficient (Wildman–Crippen LogP) is 2.57. The third kappa shape index (κ3) is 2.60. The highest BCUT2D eigenvalue weighted by molar-refractivity contribution is 5.95. The highest BCUT2D eigenvalue weighted by atomic mass is 16.3. The Morgan fingerprint density at radius 3 is 2.88 bits per heavy atom. The molecule has 0 bridgehead atoms. The van der Waals surface area contributed by atoms with E-state index in [4.69, 9.17) is 0 Å². The molecule has 1 amide bonds. The maximum Gasteiger partial charge on any atom is 0.254 e. The second-order valence-electron chi connectivity index (χ2n) is 5.00. The molecule has 1 saturated heterocycles. The quantitative estimate of drug-likeness (QED) is 0.810. The Balaban J connectivity index is 2.18. The third-order valence-corrected chi connectivity index (χ3v) is 3.38. The molecular weight excluding hydrogens is 214 g/mol. The van der Waals surface area contributed by atoms with Crippen LogP contribution in [-0.2, 0) is 0 Å². The van der Waals surface area contributed by atoms with Crippen LogP contribution < -0.4 is 0 Å². The number of carbonyl (C=O) groups is 1. The number of aryl methyl sites for hydroxylation is 1. The van der Waals surface area contributed by atoms with Crippen LogP contribution >= 0.6 is 0 Å². The minimum atomic E-state index is 0.0917. The zero-order chi connectivity index (χ0) is 12.4. The van der Waals surface area contributed by atoms with E-state index in [1.165, 1.54) is 6.42 Å². The molecule has 92 valence electrons. The molecule has 0 saturated carbocycles. The van der Waals surface area contributed by atoms with Gasteiger partial charge in [-0.1, -0.05) is 6.92 Å². The van der Waals surface area contributed by atoms with Crippen LogP contribution in [0.2, 0.25) is 0 Å². The van der Waals surface area contributed by atoms with Crippen molar-refractivity contribution in [2.45, 2.75) is 26.7 Å². The number of hydrogen-bond donors (Lipinski definition) is 1. The average molecular weight is 233 g/mol. The van der Waals surface area contributed by atoms with Crippen LogP contribution in [0, 0.1) is 12.8 Å². The number of hydrogen-bond acceptors (Lipinski definition) is 2. The Hall–Kier alpha value is -1.51. The van der Waals surface area contributed by atoms with Gasteiger partial charge in [0.15, 0.2) is 0 Å². The summed E-state index contributed by atoms with van der Waals surface area (Å²) in [6.45, 7) is 5.74. The molecule has 1 heterocycles. The third-order valence-electron chi connectivity index (χ3n) is 3.38. The van der Waals surface area contributed by atoms with E-state index in [-0.39, 0.29) is 11.7 Å². The lowest BCUT2D eigenvalue weighted by Crippen LogP contribution is -2.39. The van der Waals surface area contributed by atoms with Gasteiger partial charge in [0.05, 0.1) is 0 Å². The highest BCUT2D eigenvalue weighted by Gasteiger charge is 2.22. The summed E-state index contributed by atoms with van der Waals surface area (Å²) in [5, 5.41) is 9.35. The van der Waals surface area contributed by atoms with Crippen LogP contribution in [0.3, 0.4) is 0 Å². The number of rotatable bonds is 1.